The van der Waals surface area contributed by atoms with Gasteiger partial charge in [-0.1, -0.05) is 24.3 Å². The molecule has 4 atom stereocenters. The van der Waals surface area contributed by atoms with Crippen LogP contribution in [0.25, 0.3) is 17.0 Å². The number of fused-ring (bicyclic) bond motifs is 3. The van der Waals surface area contributed by atoms with Crippen molar-refractivity contribution in [2.45, 2.75) is 57.2 Å². The van der Waals surface area contributed by atoms with Crippen molar-refractivity contribution in [1.29, 1.82) is 0 Å². The Hall–Kier alpha value is -3.25. The molecule has 0 radical (unpaired) electrons. The lowest BCUT2D eigenvalue weighted by molar-refractivity contribution is -0.145. The monoisotopic (exact) mass is 525 g/mol. The molecule has 0 spiro atoms. The number of para-hydroxylation sites is 1. The summed E-state index contributed by atoms with van der Waals surface area (Å²) in [6.45, 7) is 4.18. The highest BCUT2D eigenvalue weighted by molar-refractivity contribution is 6.01. The van der Waals surface area contributed by atoms with E-state index in [2.05, 4.69) is 57.0 Å². The summed E-state index contributed by atoms with van der Waals surface area (Å²) in [5.74, 6) is 3.05. The number of ether oxygens (including phenoxy) is 2. The van der Waals surface area contributed by atoms with Gasteiger partial charge in [-0.15, -0.1) is 0 Å². The molecule has 4 saturated heterocycles. The second kappa shape index (κ2) is 10.1. The van der Waals surface area contributed by atoms with Gasteiger partial charge in [-0.3, -0.25) is 9.69 Å². The maximum atomic E-state index is 14.0. The largest absolute Gasteiger partial charge is 0.493 e. The van der Waals surface area contributed by atoms with E-state index in [4.69, 9.17) is 9.47 Å². The second-order valence-corrected chi connectivity index (χ2v) is 11.9. The highest BCUT2D eigenvalue weighted by Gasteiger charge is 2.51. The zero-order valence-electron chi connectivity index (χ0n) is 23.1. The van der Waals surface area contributed by atoms with Crippen LogP contribution in [0.2, 0.25) is 0 Å². The van der Waals surface area contributed by atoms with E-state index in [1.54, 1.807) is 14.2 Å². The van der Waals surface area contributed by atoms with Crippen molar-refractivity contribution < 1.29 is 14.3 Å². The Balaban J connectivity index is 1.18. The molecule has 0 bridgehead atoms. The summed E-state index contributed by atoms with van der Waals surface area (Å²) >= 11 is 0. The molecule has 0 unspecified atom stereocenters. The Morgan fingerprint density at radius 3 is 2.64 bits per heavy atom. The molecule has 4 fully saturated rings. The molecule has 0 saturated carbocycles. The van der Waals surface area contributed by atoms with Crippen molar-refractivity contribution in [2.75, 3.05) is 33.9 Å². The molecule has 1 amide bonds. The van der Waals surface area contributed by atoms with Crippen molar-refractivity contribution in [3.8, 4) is 11.5 Å². The van der Waals surface area contributed by atoms with E-state index >= 15 is 0 Å². The highest BCUT2D eigenvalue weighted by Crippen LogP contribution is 2.45. The summed E-state index contributed by atoms with van der Waals surface area (Å²) in [4.78, 5) is 19.0. The topological polar surface area (TPSA) is 46.9 Å². The smallest absolute Gasteiger partial charge is 0.250 e. The number of methoxy groups -OCH3 is 2. The summed E-state index contributed by atoms with van der Waals surface area (Å²) in [7, 11) is 3.33. The van der Waals surface area contributed by atoms with Crippen LogP contribution >= 0.6 is 0 Å². The van der Waals surface area contributed by atoms with E-state index in [0.29, 0.717) is 30.5 Å². The minimum Gasteiger partial charge on any atom is -0.493 e. The van der Waals surface area contributed by atoms with Crippen LogP contribution in [0.1, 0.15) is 49.7 Å². The SMILES string of the molecule is COc1ccc(Cn2cc(/C=C3\CC[C@@H]4[C@H]5CCCN6CCC[C@@H](CN4C3=O)[C@@H]56)c3ccccc32)cc1OC. The fourth-order valence-corrected chi connectivity index (χ4v) is 8.21. The second-order valence-electron chi connectivity index (χ2n) is 11.9. The first-order chi connectivity index (χ1) is 19.1. The molecule has 1 aromatic heterocycles. The van der Waals surface area contributed by atoms with Crippen LogP contribution in [-0.4, -0.2) is 66.2 Å². The van der Waals surface area contributed by atoms with Crippen LogP contribution in [0.5, 0.6) is 11.5 Å². The number of benzene rings is 2. The van der Waals surface area contributed by atoms with E-state index in [1.165, 1.54) is 49.7 Å². The van der Waals surface area contributed by atoms with Crippen molar-refractivity contribution in [1.82, 2.24) is 14.4 Å². The standard InChI is InChI=1S/C33H39N3O3/c1-38-30-14-11-22(17-31(30)39-2)19-35-20-25(26-8-3-4-10-28(26)35)18-23-12-13-29-27-9-6-16-34-15-5-7-24(32(27)34)21-36(29)33(23)37/h3-4,8,10-11,14,17-18,20,24,27,29,32H,5-7,9,12-13,15-16,19,21H2,1-2H3/b23-18+/t24-,27+,29+,32-/m0/s1. The van der Waals surface area contributed by atoms with Gasteiger partial charge >= 0.3 is 0 Å². The van der Waals surface area contributed by atoms with Crippen LogP contribution in [0.3, 0.4) is 0 Å². The average Bonchev–Trinajstić information content (AvgIpc) is 3.31. The summed E-state index contributed by atoms with van der Waals surface area (Å²) < 4.78 is 13.2. The Kier molecular flexibility index (Phi) is 6.38. The number of nitrogens with zero attached hydrogens (tertiary/aromatic N) is 3. The molecule has 4 aliphatic rings. The van der Waals surface area contributed by atoms with Gasteiger partial charge in [0.1, 0.15) is 0 Å². The molecule has 4 aliphatic heterocycles. The van der Waals surface area contributed by atoms with Gasteiger partial charge in [-0.25, -0.2) is 0 Å². The highest BCUT2D eigenvalue weighted by atomic mass is 16.5. The first-order valence-electron chi connectivity index (χ1n) is 14.7. The Morgan fingerprint density at radius 1 is 0.974 bits per heavy atom. The van der Waals surface area contributed by atoms with Crippen LogP contribution in [-0.2, 0) is 11.3 Å². The van der Waals surface area contributed by atoms with Crippen LogP contribution in [0, 0.1) is 11.8 Å². The first kappa shape index (κ1) is 24.8. The van der Waals surface area contributed by atoms with E-state index in [-0.39, 0.29) is 5.91 Å². The molecular weight excluding hydrogens is 486 g/mol. The van der Waals surface area contributed by atoms with Crippen LogP contribution in [0.15, 0.2) is 54.2 Å². The van der Waals surface area contributed by atoms with Gasteiger partial charge in [0, 0.05) is 53.4 Å². The molecule has 7 rings (SSSR count). The molecule has 0 N–H and O–H groups in total. The lowest BCUT2D eigenvalue weighted by Crippen LogP contribution is -2.66. The third kappa shape index (κ3) is 4.24. The van der Waals surface area contributed by atoms with Crippen molar-refractivity contribution >= 4 is 22.9 Å². The molecule has 39 heavy (non-hydrogen) atoms. The maximum Gasteiger partial charge on any atom is 0.250 e. The van der Waals surface area contributed by atoms with Gasteiger partial charge in [-0.2, -0.15) is 0 Å². The lowest BCUT2D eigenvalue weighted by atomic mass is 9.67. The minimum atomic E-state index is 0.282. The predicted octanol–water partition coefficient (Wildman–Crippen LogP) is 5.59. The molecule has 3 aromatic rings. The summed E-state index contributed by atoms with van der Waals surface area (Å²) in [6.07, 6.45) is 11.5. The van der Waals surface area contributed by atoms with Gasteiger partial charge < -0.3 is 18.9 Å². The molecule has 0 aliphatic carbocycles. The quantitative estimate of drug-likeness (QED) is 0.408. The van der Waals surface area contributed by atoms with Gasteiger partial charge in [-0.05, 0) is 93.3 Å². The Morgan fingerprint density at radius 2 is 1.79 bits per heavy atom. The number of hydrogen-bond acceptors (Lipinski definition) is 4. The van der Waals surface area contributed by atoms with Crippen molar-refractivity contribution in [2.24, 2.45) is 11.8 Å². The Bertz CT molecular complexity index is 1420. The number of carbonyl (C=O) groups is 1. The fourth-order valence-electron chi connectivity index (χ4n) is 8.21. The molecular formula is C33H39N3O3. The summed E-state index contributed by atoms with van der Waals surface area (Å²) in [5, 5.41) is 1.19. The molecule has 2 aromatic carbocycles. The van der Waals surface area contributed by atoms with Crippen molar-refractivity contribution in [3.63, 3.8) is 0 Å². The molecule has 204 valence electrons. The van der Waals surface area contributed by atoms with Gasteiger partial charge in [0.2, 0.25) is 5.91 Å². The van der Waals surface area contributed by atoms with E-state index in [9.17, 15) is 4.79 Å². The number of amides is 1. The van der Waals surface area contributed by atoms with Gasteiger partial charge in [0.05, 0.1) is 14.2 Å². The van der Waals surface area contributed by atoms with Crippen LogP contribution in [0.4, 0.5) is 0 Å². The van der Waals surface area contributed by atoms with Gasteiger partial charge in [0.25, 0.3) is 0 Å². The minimum absolute atomic E-state index is 0.282. The first-order valence-corrected chi connectivity index (χ1v) is 14.7. The number of piperidine rings is 4. The number of hydrogen-bond donors (Lipinski definition) is 0. The predicted molar refractivity (Wildman–Crippen MR) is 154 cm³/mol. The maximum absolute atomic E-state index is 14.0. The third-order valence-corrected chi connectivity index (χ3v) is 9.87. The number of aromatic nitrogens is 1. The van der Waals surface area contributed by atoms with E-state index < -0.39 is 0 Å². The Labute approximate surface area is 231 Å². The average molecular weight is 526 g/mol. The summed E-state index contributed by atoms with van der Waals surface area (Å²) in [5.41, 5.74) is 4.41. The van der Waals surface area contributed by atoms with Crippen LogP contribution < -0.4 is 9.47 Å². The summed E-state index contributed by atoms with van der Waals surface area (Å²) in [6, 6.07) is 15.7. The molecule has 5 heterocycles. The zero-order valence-corrected chi connectivity index (χ0v) is 23.1. The van der Waals surface area contributed by atoms with Crippen molar-refractivity contribution in [3.05, 3.63) is 65.4 Å². The normalized spacial score (nSPS) is 27.9. The van der Waals surface area contributed by atoms with Gasteiger partial charge in [0.15, 0.2) is 11.5 Å². The van der Waals surface area contributed by atoms with E-state index in [0.717, 1.165) is 47.6 Å². The lowest BCUT2D eigenvalue weighted by Gasteiger charge is -2.58. The third-order valence-electron chi connectivity index (χ3n) is 9.87. The fraction of sp³-hybridized carbons (Fsp3) is 0.485. The van der Waals surface area contributed by atoms with E-state index in [1.807, 2.05) is 12.1 Å². The number of carbonyl (C=O) groups excluding carboxylic acids is 1. The molecule has 6 heteroatoms. The molecule has 6 nitrogen and oxygen atoms in total. The number of rotatable bonds is 5. The zero-order chi connectivity index (χ0) is 26.5.